The minimum absolute atomic E-state index is 0.582. The summed E-state index contributed by atoms with van der Waals surface area (Å²) in [5.41, 5.74) is 1.07. The van der Waals surface area contributed by atoms with Gasteiger partial charge in [0.1, 0.15) is 6.61 Å². The van der Waals surface area contributed by atoms with Crippen LogP contribution in [-0.2, 0) is 4.74 Å². The average Bonchev–Trinajstić information content (AvgIpc) is 2.91. The van der Waals surface area contributed by atoms with E-state index in [1.54, 1.807) is 0 Å². The highest BCUT2D eigenvalue weighted by Gasteiger charge is 2.23. The number of ether oxygens (including phenoxy) is 1. The van der Waals surface area contributed by atoms with Gasteiger partial charge in [-0.05, 0) is 19.9 Å². The van der Waals surface area contributed by atoms with Crippen molar-refractivity contribution in [1.29, 1.82) is 0 Å². The van der Waals surface area contributed by atoms with Crippen LogP contribution in [0.3, 0.4) is 0 Å². The molecule has 1 unspecified atom stereocenters. The maximum absolute atomic E-state index is 5.49. The Hall–Kier alpha value is -0.870. The highest BCUT2D eigenvalue weighted by molar-refractivity contribution is 5.93. The lowest BCUT2D eigenvalue weighted by molar-refractivity contribution is 0.109. The molecule has 0 aromatic heterocycles. The summed E-state index contributed by atoms with van der Waals surface area (Å²) in [6, 6.07) is 0.582. The van der Waals surface area contributed by atoms with Gasteiger partial charge in [-0.25, -0.2) is 4.99 Å². The Balaban J connectivity index is 1.86. The van der Waals surface area contributed by atoms with Gasteiger partial charge in [-0.3, -0.25) is 4.90 Å². The molecule has 0 bridgehead atoms. The number of likely N-dealkylation sites (N-methyl/N-ethyl adjacent to an activating group) is 1. The second-order valence-corrected chi connectivity index (χ2v) is 5.24. The van der Waals surface area contributed by atoms with Gasteiger partial charge in [0.2, 0.25) is 5.90 Å². The van der Waals surface area contributed by atoms with Gasteiger partial charge < -0.3 is 9.64 Å². The number of rotatable bonds is 5. The Morgan fingerprint density at radius 2 is 2.11 bits per heavy atom. The molecule has 0 spiro atoms. The van der Waals surface area contributed by atoms with Crippen LogP contribution in [0.25, 0.3) is 0 Å². The van der Waals surface area contributed by atoms with Crippen molar-refractivity contribution in [2.45, 2.75) is 25.8 Å². The second-order valence-electron chi connectivity index (χ2n) is 5.24. The van der Waals surface area contributed by atoms with Crippen LogP contribution in [0.15, 0.2) is 17.1 Å². The van der Waals surface area contributed by atoms with Crippen molar-refractivity contribution in [1.82, 2.24) is 9.80 Å². The maximum atomic E-state index is 5.49. The Morgan fingerprint density at radius 3 is 2.67 bits per heavy atom. The SMILES string of the molecule is C=C(CC(CC)N1CCN(C)CC1)C1=NCCO1. The fourth-order valence-electron chi connectivity index (χ4n) is 2.64. The molecule has 2 aliphatic heterocycles. The first kappa shape index (κ1) is 13.6. The Bertz CT molecular complexity index is 319. The predicted octanol–water partition coefficient (Wildman–Crippen LogP) is 1.39. The van der Waals surface area contributed by atoms with E-state index in [2.05, 4.69) is 35.3 Å². The van der Waals surface area contributed by atoms with Crippen LogP contribution < -0.4 is 0 Å². The first-order valence-corrected chi connectivity index (χ1v) is 6.98. The van der Waals surface area contributed by atoms with Gasteiger partial charge in [0.15, 0.2) is 0 Å². The van der Waals surface area contributed by atoms with Crippen LogP contribution in [0.1, 0.15) is 19.8 Å². The molecular formula is C14H25N3O. The second kappa shape index (κ2) is 6.34. The lowest BCUT2D eigenvalue weighted by atomic mass is 10.0. The van der Waals surface area contributed by atoms with Crippen molar-refractivity contribution in [2.75, 3.05) is 46.4 Å². The highest BCUT2D eigenvalue weighted by atomic mass is 16.5. The van der Waals surface area contributed by atoms with E-state index in [1.807, 2.05) is 0 Å². The molecule has 0 radical (unpaired) electrons. The molecule has 102 valence electrons. The third-order valence-electron chi connectivity index (χ3n) is 3.90. The van der Waals surface area contributed by atoms with Crippen LogP contribution >= 0.6 is 0 Å². The van der Waals surface area contributed by atoms with E-state index < -0.39 is 0 Å². The summed E-state index contributed by atoms with van der Waals surface area (Å²) in [6.07, 6.45) is 2.15. The zero-order valence-electron chi connectivity index (χ0n) is 11.7. The summed E-state index contributed by atoms with van der Waals surface area (Å²) in [5, 5.41) is 0. The van der Waals surface area contributed by atoms with Gasteiger partial charge >= 0.3 is 0 Å². The fourth-order valence-corrected chi connectivity index (χ4v) is 2.64. The summed E-state index contributed by atoms with van der Waals surface area (Å²) in [4.78, 5) is 9.32. The minimum Gasteiger partial charge on any atom is -0.476 e. The molecule has 1 fully saturated rings. The Kier molecular flexibility index (Phi) is 4.78. The first-order chi connectivity index (χ1) is 8.70. The normalized spacial score (nSPS) is 23.6. The molecule has 0 aliphatic carbocycles. The summed E-state index contributed by atoms with van der Waals surface area (Å²) in [6.45, 7) is 12.6. The fraction of sp³-hybridized carbons (Fsp3) is 0.786. The Labute approximate surface area is 110 Å². The van der Waals surface area contributed by atoms with Gasteiger partial charge in [0, 0.05) is 37.8 Å². The third-order valence-corrected chi connectivity index (χ3v) is 3.90. The molecule has 2 rings (SSSR count). The molecule has 18 heavy (non-hydrogen) atoms. The molecule has 2 heterocycles. The standard InChI is InChI=1S/C14H25N3O/c1-4-13(17-8-6-16(3)7-9-17)11-12(2)14-15-5-10-18-14/h13H,2,4-11H2,1,3H3. The maximum Gasteiger partial charge on any atom is 0.211 e. The Morgan fingerprint density at radius 1 is 1.39 bits per heavy atom. The molecule has 0 saturated carbocycles. The van der Waals surface area contributed by atoms with Crippen molar-refractivity contribution in [3.05, 3.63) is 12.2 Å². The van der Waals surface area contributed by atoms with E-state index in [-0.39, 0.29) is 0 Å². The summed E-state index contributed by atoms with van der Waals surface area (Å²) >= 11 is 0. The molecule has 2 aliphatic rings. The van der Waals surface area contributed by atoms with Gasteiger partial charge in [0.05, 0.1) is 6.54 Å². The molecule has 1 saturated heterocycles. The zero-order chi connectivity index (χ0) is 13.0. The number of piperazine rings is 1. The van der Waals surface area contributed by atoms with Crippen molar-refractivity contribution < 1.29 is 4.74 Å². The summed E-state index contributed by atoms with van der Waals surface area (Å²) in [5.74, 6) is 0.794. The van der Waals surface area contributed by atoms with Gasteiger partial charge in [0.25, 0.3) is 0 Å². The van der Waals surface area contributed by atoms with Crippen LogP contribution in [-0.4, -0.2) is 68.1 Å². The van der Waals surface area contributed by atoms with Crippen molar-refractivity contribution in [3.63, 3.8) is 0 Å². The van der Waals surface area contributed by atoms with Crippen LogP contribution in [0, 0.1) is 0 Å². The predicted molar refractivity (Wildman–Crippen MR) is 75.2 cm³/mol. The quantitative estimate of drug-likeness (QED) is 0.739. The zero-order valence-corrected chi connectivity index (χ0v) is 11.7. The van der Waals surface area contributed by atoms with E-state index in [4.69, 9.17) is 4.74 Å². The van der Waals surface area contributed by atoms with E-state index in [0.717, 1.165) is 50.6 Å². The van der Waals surface area contributed by atoms with E-state index in [1.165, 1.54) is 13.1 Å². The first-order valence-electron chi connectivity index (χ1n) is 6.98. The van der Waals surface area contributed by atoms with Gasteiger partial charge in [-0.1, -0.05) is 13.5 Å². The van der Waals surface area contributed by atoms with Gasteiger partial charge in [-0.15, -0.1) is 0 Å². The lowest BCUT2D eigenvalue weighted by Crippen LogP contribution is -2.49. The molecule has 0 N–H and O–H groups in total. The van der Waals surface area contributed by atoms with Crippen LogP contribution in [0.2, 0.25) is 0 Å². The number of hydrogen-bond acceptors (Lipinski definition) is 4. The van der Waals surface area contributed by atoms with E-state index in [0.29, 0.717) is 6.04 Å². The number of aliphatic imine (C=N–C) groups is 1. The molecule has 0 aromatic carbocycles. The van der Waals surface area contributed by atoms with Crippen molar-refractivity contribution >= 4 is 5.90 Å². The number of nitrogens with zero attached hydrogens (tertiary/aromatic N) is 3. The lowest BCUT2D eigenvalue weighted by Gasteiger charge is -2.38. The topological polar surface area (TPSA) is 28.1 Å². The minimum atomic E-state index is 0.582. The van der Waals surface area contributed by atoms with Crippen LogP contribution in [0.4, 0.5) is 0 Å². The van der Waals surface area contributed by atoms with Crippen LogP contribution in [0.5, 0.6) is 0 Å². The molecule has 0 aromatic rings. The molecular weight excluding hydrogens is 226 g/mol. The van der Waals surface area contributed by atoms with Crippen molar-refractivity contribution in [3.8, 4) is 0 Å². The highest BCUT2D eigenvalue weighted by Crippen LogP contribution is 2.18. The third kappa shape index (κ3) is 3.33. The largest absolute Gasteiger partial charge is 0.476 e. The smallest absolute Gasteiger partial charge is 0.211 e. The van der Waals surface area contributed by atoms with Gasteiger partial charge in [-0.2, -0.15) is 0 Å². The average molecular weight is 251 g/mol. The molecule has 1 atom stereocenters. The molecule has 4 heteroatoms. The number of hydrogen-bond donors (Lipinski definition) is 0. The van der Waals surface area contributed by atoms with Crippen molar-refractivity contribution in [2.24, 2.45) is 4.99 Å². The monoisotopic (exact) mass is 251 g/mol. The molecule has 0 amide bonds. The summed E-state index contributed by atoms with van der Waals surface area (Å²) in [7, 11) is 2.19. The molecule has 4 nitrogen and oxygen atoms in total. The van der Waals surface area contributed by atoms with E-state index in [9.17, 15) is 0 Å². The van der Waals surface area contributed by atoms with E-state index >= 15 is 0 Å². The summed E-state index contributed by atoms with van der Waals surface area (Å²) < 4.78 is 5.49.